The topological polar surface area (TPSA) is 21.3 Å². The molecule has 1 atom stereocenters. The second kappa shape index (κ2) is 10.8. The van der Waals surface area contributed by atoms with Crippen molar-refractivity contribution in [2.24, 2.45) is 0 Å². The van der Waals surface area contributed by atoms with Crippen LogP contribution in [-0.4, -0.2) is 26.8 Å². The van der Waals surface area contributed by atoms with E-state index in [2.05, 4.69) is 12.2 Å². The lowest BCUT2D eigenvalue weighted by Crippen LogP contribution is -2.25. The first-order chi connectivity index (χ1) is 9.79. The van der Waals surface area contributed by atoms with E-state index in [1.54, 1.807) is 19.2 Å². The normalized spacial score (nSPS) is 12.6. The van der Waals surface area contributed by atoms with Crippen LogP contribution in [0.1, 0.15) is 50.5 Å². The van der Waals surface area contributed by atoms with Crippen molar-refractivity contribution >= 4 is 0 Å². The van der Waals surface area contributed by atoms with E-state index in [-0.39, 0.29) is 11.7 Å². The molecule has 20 heavy (non-hydrogen) atoms. The van der Waals surface area contributed by atoms with Gasteiger partial charge in [-0.2, -0.15) is 0 Å². The number of methoxy groups -OCH3 is 1. The van der Waals surface area contributed by atoms with Crippen LogP contribution in [0.25, 0.3) is 0 Å². The molecule has 0 heterocycles. The molecule has 0 aliphatic carbocycles. The third kappa shape index (κ3) is 6.49. The van der Waals surface area contributed by atoms with Crippen LogP contribution in [0.4, 0.5) is 4.39 Å². The first-order valence-corrected chi connectivity index (χ1v) is 7.73. The molecule has 1 rings (SSSR count). The summed E-state index contributed by atoms with van der Waals surface area (Å²) in [5, 5.41) is 3.36. The average molecular weight is 281 g/mol. The molecule has 0 amide bonds. The van der Waals surface area contributed by atoms with Gasteiger partial charge in [0.2, 0.25) is 0 Å². The summed E-state index contributed by atoms with van der Waals surface area (Å²) in [6, 6.07) is 7.15. The van der Waals surface area contributed by atoms with Gasteiger partial charge in [-0.1, -0.05) is 50.8 Å². The predicted octanol–water partition coefficient (Wildman–Crippen LogP) is 4.12. The lowest BCUT2D eigenvalue weighted by molar-refractivity contribution is 0.198. The Bertz CT molecular complexity index is 345. The minimum absolute atomic E-state index is 0.0819. The van der Waals surface area contributed by atoms with Crippen LogP contribution in [0.2, 0.25) is 0 Å². The Balaban J connectivity index is 2.52. The SMILES string of the molecule is CCCCCCC(CNCCOC)c1ccccc1F. The lowest BCUT2D eigenvalue weighted by Gasteiger charge is -2.19. The Kier molecular flexibility index (Phi) is 9.25. The molecule has 0 saturated carbocycles. The molecular weight excluding hydrogens is 253 g/mol. The molecule has 0 spiro atoms. The van der Waals surface area contributed by atoms with E-state index in [1.165, 1.54) is 25.7 Å². The zero-order valence-electron chi connectivity index (χ0n) is 12.8. The molecule has 0 fully saturated rings. The van der Waals surface area contributed by atoms with E-state index < -0.39 is 0 Å². The average Bonchev–Trinajstić information content (AvgIpc) is 2.46. The van der Waals surface area contributed by atoms with Gasteiger partial charge in [-0.05, 0) is 24.0 Å². The maximum absolute atomic E-state index is 13.9. The molecule has 1 unspecified atom stereocenters. The highest BCUT2D eigenvalue weighted by Gasteiger charge is 2.14. The fourth-order valence-electron chi connectivity index (χ4n) is 2.44. The molecule has 0 aliphatic heterocycles. The summed E-state index contributed by atoms with van der Waals surface area (Å²) in [6.07, 6.45) is 5.94. The van der Waals surface area contributed by atoms with E-state index in [1.807, 2.05) is 12.1 Å². The van der Waals surface area contributed by atoms with Crippen molar-refractivity contribution in [3.8, 4) is 0 Å². The summed E-state index contributed by atoms with van der Waals surface area (Å²) >= 11 is 0. The van der Waals surface area contributed by atoms with Crippen LogP contribution >= 0.6 is 0 Å². The summed E-state index contributed by atoms with van der Waals surface area (Å²) in [5.41, 5.74) is 0.842. The maximum atomic E-state index is 13.9. The van der Waals surface area contributed by atoms with Crippen LogP contribution in [0.5, 0.6) is 0 Å². The number of halogens is 1. The maximum Gasteiger partial charge on any atom is 0.126 e. The molecule has 114 valence electrons. The number of nitrogens with one attached hydrogen (secondary N) is 1. The quantitative estimate of drug-likeness (QED) is 0.616. The molecule has 1 N–H and O–H groups in total. The number of hydrogen-bond acceptors (Lipinski definition) is 2. The van der Waals surface area contributed by atoms with Gasteiger partial charge in [-0.3, -0.25) is 0 Å². The van der Waals surface area contributed by atoms with Gasteiger partial charge in [-0.25, -0.2) is 4.39 Å². The zero-order valence-corrected chi connectivity index (χ0v) is 12.8. The molecule has 2 nitrogen and oxygen atoms in total. The van der Waals surface area contributed by atoms with Crippen LogP contribution in [-0.2, 0) is 4.74 Å². The van der Waals surface area contributed by atoms with Crippen molar-refractivity contribution in [2.75, 3.05) is 26.8 Å². The number of unbranched alkanes of at least 4 members (excludes halogenated alkanes) is 3. The van der Waals surface area contributed by atoms with E-state index in [9.17, 15) is 4.39 Å². The molecule has 1 aromatic rings. The van der Waals surface area contributed by atoms with Crippen molar-refractivity contribution in [1.29, 1.82) is 0 Å². The summed E-state index contributed by atoms with van der Waals surface area (Å²) in [4.78, 5) is 0. The van der Waals surface area contributed by atoms with Gasteiger partial charge in [-0.15, -0.1) is 0 Å². The summed E-state index contributed by atoms with van der Waals surface area (Å²) in [5.74, 6) is 0.173. The van der Waals surface area contributed by atoms with Gasteiger partial charge in [0.1, 0.15) is 5.82 Å². The first kappa shape index (κ1) is 17.1. The molecule has 0 aromatic heterocycles. The Morgan fingerprint density at radius 1 is 1.20 bits per heavy atom. The summed E-state index contributed by atoms with van der Waals surface area (Å²) in [7, 11) is 1.70. The molecule has 0 radical (unpaired) electrons. The van der Waals surface area contributed by atoms with Crippen molar-refractivity contribution in [1.82, 2.24) is 5.32 Å². The molecule has 0 aliphatic rings. The number of ether oxygens (including phenoxy) is 1. The standard InChI is InChI=1S/C17H28FNO/c1-3-4-5-6-9-15(14-19-12-13-20-2)16-10-7-8-11-17(16)18/h7-8,10-11,15,19H,3-6,9,12-14H2,1-2H3. The summed E-state index contributed by atoms with van der Waals surface area (Å²) in [6.45, 7) is 4.54. The van der Waals surface area contributed by atoms with Crippen molar-refractivity contribution in [3.05, 3.63) is 35.6 Å². The first-order valence-electron chi connectivity index (χ1n) is 7.73. The lowest BCUT2D eigenvalue weighted by atomic mass is 9.92. The smallest absolute Gasteiger partial charge is 0.126 e. The van der Waals surface area contributed by atoms with E-state index in [0.717, 1.165) is 25.1 Å². The van der Waals surface area contributed by atoms with Gasteiger partial charge in [0, 0.05) is 20.2 Å². The molecule has 1 aromatic carbocycles. The number of benzene rings is 1. The van der Waals surface area contributed by atoms with Crippen LogP contribution in [0.15, 0.2) is 24.3 Å². The Hall–Kier alpha value is -0.930. The fourth-order valence-corrected chi connectivity index (χ4v) is 2.44. The zero-order chi connectivity index (χ0) is 14.6. The van der Waals surface area contributed by atoms with Crippen LogP contribution in [0.3, 0.4) is 0 Å². The van der Waals surface area contributed by atoms with E-state index >= 15 is 0 Å². The molecular formula is C17H28FNO. The number of hydrogen-bond donors (Lipinski definition) is 1. The Morgan fingerprint density at radius 2 is 2.00 bits per heavy atom. The molecule has 3 heteroatoms. The van der Waals surface area contributed by atoms with Gasteiger partial charge in [0.15, 0.2) is 0 Å². The number of rotatable bonds is 11. The van der Waals surface area contributed by atoms with Crippen LogP contribution < -0.4 is 5.32 Å². The van der Waals surface area contributed by atoms with Gasteiger partial charge in [0.05, 0.1) is 6.61 Å². The Labute approximate surface area is 122 Å². The molecule has 0 bridgehead atoms. The molecule has 0 saturated heterocycles. The second-order valence-corrected chi connectivity index (χ2v) is 5.26. The largest absolute Gasteiger partial charge is 0.383 e. The minimum Gasteiger partial charge on any atom is -0.383 e. The summed E-state index contributed by atoms with van der Waals surface area (Å²) < 4.78 is 19.0. The Morgan fingerprint density at radius 3 is 2.70 bits per heavy atom. The van der Waals surface area contributed by atoms with E-state index in [4.69, 9.17) is 4.74 Å². The van der Waals surface area contributed by atoms with Gasteiger partial charge < -0.3 is 10.1 Å². The third-order valence-electron chi connectivity index (χ3n) is 3.62. The highest BCUT2D eigenvalue weighted by Crippen LogP contribution is 2.24. The van der Waals surface area contributed by atoms with Crippen LogP contribution in [0, 0.1) is 5.82 Å². The second-order valence-electron chi connectivity index (χ2n) is 5.26. The van der Waals surface area contributed by atoms with Gasteiger partial charge in [0.25, 0.3) is 0 Å². The highest BCUT2D eigenvalue weighted by atomic mass is 19.1. The fraction of sp³-hybridized carbons (Fsp3) is 0.647. The van der Waals surface area contributed by atoms with E-state index in [0.29, 0.717) is 6.61 Å². The van der Waals surface area contributed by atoms with Crippen molar-refractivity contribution in [2.45, 2.75) is 44.9 Å². The van der Waals surface area contributed by atoms with Crippen molar-refractivity contribution in [3.63, 3.8) is 0 Å². The van der Waals surface area contributed by atoms with Gasteiger partial charge >= 0.3 is 0 Å². The minimum atomic E-state index is -0.0819. The van der Waals surface area contributed by atoms with Crippen molar-refractivity contribution < 1.29 is 9.13 Å². The third-order valence-corrected chi connectivity index (χ3v) is 3.62. The highest BCUT2D eigenvalue weighted by molar-refractivity contribution is 5.22. The monoisotopic (exact) mass is 281 g/mol. The predicted molar refractivity (Wildman–Crippen MR) is 82.6 cm³/mol.